The van der Waals surface area contributed by atoms with Crippen molar-refractivity contribution in [2.45, 2.75) is 83.1 Å². The maximum absolute atomic E-state index is 5.67. The standard InChI is InChI=1S/C15H29N3/c16-18-15(12-13-8-4-3-5-9-13)17-14-10-6-1-2-7-11-14/h13-14H,1-12,16H2,(H,17,18). The highest BCUT2D eigenvalue weighted by molar-refractivity contribution is 5.82. The maximum Gasteiger partial charge on any atom is 0.111 e. The molecular weight excluding hydrogens is 222 g/mol. The second-order valence-electron chi connectivity index (χ2n) is 6.07. The summed E-state index contributed by atoms with van der Waals surface area (Å²) in [6, 6.07) is 0.530. The third kappa shape index (κ3) is 4.60. The fourth-order valence-electron chi connectivity index (χ4n) is 3.42. The third-order valence-corrected chi connectivity index (χ3v) is 4.54. The molecule has 2 aliphatic rings. The molecule has 3 nitrogen and oxygen atoms in total. The van der Waals surface area contributed by atoms with Gasteiger partial charge in [0.15, 0.2) is 0 Å². The van der Waals surface area contributed by atoms with Crippen molar-refractivity contribution in [2.75, 3.05) is 0 Å². The number of amidine groups is 1. The smallest absolute Gasteiger partial charge is 0.111 e. The lowest BCUT2D eigenvalue weighted by atomic mass is 9.86. The Hall–Kier alpha value is -0.570. The topological polar surface area (TPSA) is 50.4 Å². The van der Waals surface area contributed by atoms with E-state index >= 15 is 0 Å². The highest BCUT2D eigenvalue weighted by Gasteiger charge is 2.17. The van der Waals surface area contributed by atoms with Crippen LogP contribution in [0.25, 0.3) is 0 Å². The van der Waals surface area contributed by atoms with Crippen LogP contribution in [0.5, 0.6) is 0 Å². The number of nitrogens with zero attached hydrogens (tertiary/aromatic N) is 1. The lowest BCUT2D eigenvalue weighted by Crippen LogP contribution is -2.33. The SMILES string of the molecule is NNC(CC1CCCCC1)=NC1CCCCCC1. The van der Waals surface area contributed by atoms with Gasteiger partial charge in [-0.1, -0.05) is 57.8 Å². The van der Waals surface area contributed by atoms with Gasteiger partial charge in [0.25, 0.3) is 0 Å². The molecule has 0 aliphatic heterocycles. The average molecular weight is 251 g/mol. The van der Waals surface area contributed by atoms with Crippen LogP contribution in [-0.2, 0) is 0 Å². The maximum atomic E-state index is 5.67. The first kappa shape index (κ1) is 13.9. The summed E-state index contributed by atoms with van der Waals surface area (Å²) in [4.78, 5) is 4.89. The van der Waals surface area contributed by atoms with Gasteiger partial charge in [-0.3, -0.25) is 4.99 Å². The van der Waals surface area contributed by atoms with Crippen LogP contribution in [-0.4, -0.2) is 11.9 Å². The molecule has 0 spiro atoms. The average Bonchev–Trinajstić information content (AvgIpc) is 2.68. The Labute approximate surface area is 112 Å². The summed E-state index contributed by atoms with van der Waals surface area (Å²) in [5.41, 5.74) is 2.87. The molecule has 0 atom stereocenters. The van der Waals surface area contributed by atoms with E-state index in [0.717, 1.165) is 18.2 Å². The predicted molar refractivity (Wildman–Crippen MR) is 77.4 cm³/mol. The Morgan fingerprint density at radius 1 is 0.889 bits per heavy atom. The molecule has 0 amide bonds. The van der Waals surface area contributed by atoms with Gasteiger partial charge < -0.3 is 5.43 Å². The fourth-order valence-corrected chi connectivity index (χ4v) is 3.42. The third-order valence-electron chi connectivity index (χ3n) is 4.54. The molecular formula is C15H29N3. The van der Waals surface area contributed by atoms with Crippen LogP contribution in [0.1, 0.15) is 77.0 Å². The number of aliphatic imine (C=N–C) groups is 1. The number of hydrazine groups is 1. The van der Waals surface area contributed by atoms with Crippen molar-refractivity contribution in [3.8, 4) is 0 Å². The summed E-state index contributed by atoms with van der Waals surface area (Å²) in [7, 11) is 0. The van der Waals surface area contributed by atoms with Gasteiger partial charge in [-0.05, 0) is 18.8 Å². The summed E-state index contributed by atoms with van der Waals surface area (Å²) in [5.74, 6) is 7.55. The van der Waals surface area contributed by atoms with Crippen molar-refractivity contribution in [1.29, 1.82) is 0 Å². The van der Waals surface area contributed by atoms with Gasteiger partial charge in [0.1, 0.15) is 5.84 Å². The number of rotatable bonds is 3. The Morgan fingerprint density at radius 3 is 2.06 bits per heavy atom. The predicted octanol–water partition coefficient (Wildman–Crippen LogP) is 3.54. The van der Waals surface area contributed by atoms with E-state index in [4.69, 9.17) is 10.8 Å². The summed E-state index contributed by atoms with van der Waals surface area (Å²) in [5, 5.41) is 0. The van der Waals surface area contributed by atoms with Crippen molar-refractivity contribution in [1.82, 2.24) is 5.43 Å². The van der Waals surface area contributed by atoms with E-state index in [2.05, 4.69) is 5.43 Å². The minimum atomic E-state index is 0.530. The molecule has 0 radical (unpaired) electrons. The summed E-state index contributed by atoms with van der Waals surface area (Å²) >= 11 is 0. The molecule has 0 aromatic carbocycles. The zero-order valence-electron chi connectivity index (χ0n) is 11.7. The molecule has 3 heteroatoms. The van der Waals surface area contributed by atoms with Gasteiger partial charge in [0, 0.05) is 6.42 Å². The van der Waals surface area contributed by atoms with Gasteiger partial charge in [-0.25, -0.2) is 5.84 Å². The highest BCUT2D eigenvalue weighted by Crippen LogP contribution is 2.27. The number of hydrogen-bond donors (Lipinski definition) is 2. The number of nitrogens with one attached hydrogen (secondary N) is 1. The van der Waals surface area contributed by atoms with Crippen LogP contribution in [0, 0.1) is 5.92 Å². The van der Waals surface area contributed by atoms with Gasteiger partial charge in [0.05, 0.1) is 6.04 Å². The van der Waals surface area contributed by atoms with Crippen molar-refractivity contribution in [2.24, 2.45) is 16.8 Å². The van der Waals surface area contributed by atoms with Crippen LogP contribution in [0.15, 0.2) is 4.99 Å². The fraction of sp³-hybridized carbons (Fsp3) is 0.933. The Kier molecular flexibility index (Phi) is 5.98. The molecule has 104 valence electrons. The van der Waals surface area contributed by atoms with Crippen LogP contribution >= 0.6 is 0 Å². The first-order valence-corrected chi connectivity index (χ1v) is 7.92. The van der Waals surface area contributed by atoms with E-state index in [0.29, 0.717) is 6.04 Å². The van der Waals surface area contributed by atoms with Crippen molar-refractivity contribution in [3.63, 3.8) is 0 Å². The molecule has 0 unspecified atom stereocenters. The number of nitrogens with two attached hydrogens (primary N) is 1. The van der Waals surface area contributed by atoms with Crippen molar-refractivity contribution < 1.29 is 0 Å². The van der Waals surface area contributed by atoms with E-state index in [-0.39, 0.29) is 0 Å². The van der Waals surface area contributed by atoms with Gasteiger partial charge in [0.2, 0.25) is 0 Å². The molecule has 3 N–H and O–H groups in total. The van der Waals surface area contributed by atoms with E-state index < -0.39 is 0 Å². The Morgan fingerprint density at radius 2 is 1.44 bits per heavy atom. The minimum absolute atomic E-state index is 0.530. The summed E-state index contributed by atoms with van der Waals surface area (Å²) in [6.07, 6.45) is 16.0. The molecule has 0 saturated heterocycles. The van der Waals surface area contributed by atoms with E-state index in [1.807, 2.05) is 0 Å². The van der Waals surface area contributed by atoms with E-state index in [9.17, 15) is 0 Å². The van der Waals surface area contributed by atoms with Gasteiger partial charge >= 0.3 is 0 Å². The minimum Gasteiger partial charge on any atom is -0.312 e. The normalized spacial score (nSPS) is 24.8. The molecule has 2 fully saturated rings. The molecule has 2 aliphatic carbocycles. The zero-order chi connectivity index (χ0) is 12.6. The first-order chi connectivity index (χ1) is 8.88. The van der Waals surface area contributed by atoms with Gasteiger partial charge in [-0.15, -0.1) is 0 Å². The van der Waals surface area contributed by atoms with Crippen LogP contribution < -0.4 is 11.3 Å². The van der Waals surface area contributed by atoms with E-state index in [1.165, 1.54) is 70.6 Å². The molecule has 0 aromatic heterocycles. The second kappa shape index (κ2) is 7.78. The molecule has 0 bridgehead atoms. The molecule has 2 rings (SSSR count). The molecule has 2 saturated carbocycles. The highest BCUT2D eigenvalue weighted by atomic mass is 15.3. The Balaban J connectivity index is 1.85. The lowest BCUT2D eigenvalue weighted by Gasteiger charge is -2.22. The van der Waals surface area contributed by atoms with Crippen molar-refractivity contribution in [3.05, 3.63) is 0 Å². The second-order valence-corrected chi connectivity index (χ2v) is 6.07. The van der Waals surface area contributed by atoms with Crippen LogP contribution in [0.2, 0.25) is 0 Å². The van der Waals surface area contributed by atoms with Crippen LogP contribution in [0.3, 0.4) is 0 Å². The quantitative estimate of drug-likeness (QED) is 0.265. The summed E-state index contributed by atoms with van der Waals surface area (Å²) < 4.78 is 0. The van der Waals surface area contributed by atoms with Crippen molar-refractivity contribution >= 4 is 5.84 Å². The van der Waals surface area contributed by atoms with E-state index in [1.54, 1.807) is 0 Å². The zero-order valence-corrected chi connectivity index (χ0v) is 11.7. The molecule has 0 heterocycles. The van der Waals surface area contributed by atoms with Gasteiger partial charge in [-0.2, -0.15) is 0 Å². The molecule has 18 heavy (non-hydrogen) atoms. The first-order valence-electron chi connectivity index (χ1n) is 7.92. The Bertz CT molecular complexity index is 248. The summed E-state index contributed by atoms with van der Waals surface area (Å²) in [6.45, 7) is 0. The van der Waals surface area contributed by atoms with Crippen LogP contribution in [0.4, 0.5) is 0 Å². The monoisotopic (exact) mass is 251 g/mol. The largest absolute Gasteiger partial charge is 0.312 e. The number of hydrogen-bond acceptors (Lipinski definition) is 2. The lowest BCUT2D eigenvalue weighted by molar-refractivity contribution is 0.365. The molecule has 0 aromatic rings.